The Morgan fingerprint density at radius 2 is 2.20 bits per heavy atom. The van der Waals surface area contributed by atoms with Crippen LogP contribution in [0, 0.1) is 0 Å². The van der Waals surface area contributed by atoms with Gasteiger partial charge in [0.2, 0.25) is 0 Å². The highest BCUT2D eigenvalue weighted by molar-refractivity contribution is 6.67. The molecule has 0 saturated carbocycles. The van der Waals surface area contributed by atoms with E-state index in [0.29, 0.717) is 0 Å². The normalized spacial score (nSPS) is 9.30. The second-order valence-electron chi connectivity index (χ2n) is 1.58. The average molecular weight is 159 g/mol. The quantitative estimate of drug-likeness (QED) is 0.574. The van der Waals surface area contributed by atoms with Crippen molar-refractivity contribution in [1.82, 2.24) is 0 Å². The highest BCUT2D eigenvalue weighted by Crippen LogP contribution is 1.98. The van der Waals surface area contributed by atoms with Crippen molar-refractivity contribution in [2.45, 2.75) is 0 Å². The van der Waals surface area contributed by atoms with Gasteiger partial charge >= 0.3 is 5.63 Å². The first-order valence-corrected chi connectivity index (χ1v) is 2.88. The lowest BCUT2D eigenvalue weighted by molar-refractivity contribution is 0.105. The highest BCUT2D eigenvalue weighted by Gasteiger charge is 2.02. The molecule has 0 aliphatic carbocycles. The van der Waals surface area contributed by atoms with Gasteiger partial charge in [0.05, 0.1) is 0 Å². The zero-order chi connectivity index (χ0) is 7.56. The van der Waals surface area contributed by atoms with E-state index in [0.717, 1.165) is 0 Å². The number of rotatable bonds is 1. The largest absolute Gasteiger partial charge is 0.418 e. The minimum atomic E-state index is -0.766. The third-order valence-corrected chi connectivity index (χ3v) is 1.07. The van der Waals surface area contributed by atoms with E-state index >= 15 is 0 Å². The Bertz CT molecular complexity index is 302. The molecule has 1 aromatic heterocycles. The van der Waals surface area contributed by atoms with Crippen molar-refractivity contribution >= 4 is 16.8 Å². The van der Waals surface area contributed by atoms with Crippen LogP contribution in [0.5, 0.6) is 0 Å². The van der Waals surface area contributed by atoms with Crippen LogP contribution in [0.4, 0.5) is 0 Å². The van der Waals surface area contributed by atoms with Crippen molar-refractivity contribution in [1.29, 1.82) is 0 Å². The Hall–Kier alpha value is -1.09. The first kappa shape index (κ1) is 7.02. The fraction of sp³-hybridized carbons (Fsp3) is 0. The summed E-state index contributed by atoms with van der Waals surface area (Å²) in [6.45, 7) is 0. The van der Waals surface area contributed by atoms with Gasteiger partial charge in [0, 0.05) is 6.07 Å². The second kappa shape index (κ2) is 2.66. The van der Waals surface area contributed by atoms with Gasteiger partial charge in [0.25, 0.3) is 5.24 Å². The molecule has 0 fully saturated rings. The van der Waals surface area contributed by atoms with Gasteiger partial charge in [0.15, 0.2) is 5.76 Å². The van der Waals surface area contributed by atoms with Gasteiger partial charge in [-0.25, -0.2) is 4.79 Å². The summed E-state index contributed by atoms with van der Waals surface area (Å²) in [5.74, 6) is -0.130. The molecule has 0 radical (unpaired) electrons. The SMILES string of the molecule is O=C(Cl)c1cccc(=O)o1. The maximum Gasteiger partial charge on any atom is 0.336 e. The van der Waals surface area contributed by atoms with E-state index in [9.17, 15) is 9.59 Å². The molecular formula is C6H3ClO3. The molecule has 0 unspecified atom stereocenters. The predicted molar refractivity (Wildman–Crippen MR) is 35.2 cm³/mol. The van der Waals surface area contributed by atoms with Gasteiger partial charge in [-0.05, 0) is 17.7 Å². The number of hydrogen-bond acceptors (Lipinski definition) is 3. The van der Waals surface area contributed by atoms with E-state index in [1.807, 2.05) is 0 Å². The van der Waals surface area contributed by atoms with Crippen molar-refractivity contribution in [2.24, 2.45) is 0 Å². The average Bonchev–Trinajstić information content (AvgIpc) is 1.88. The summed E-state index contributed by atoms with van der Waals surface area (Å²) in [6, 6.07) is 3.93. The molecular weight excluding hydrogens is 156 g/mol. The predicted octanol–water partition coefficient (Wildman–Crippen LogP) is 1.02. The molecule has 0 bridgehead atoms. The zero-order valence-corrected chi connectivity index (χ0v) is 5.59. The summed E-state index contributed by atoms with van der Waals surface area (Å²) < 4.78 is 4.40. The Morgan fingerprint density at radius 1 is 1.50 bits per heavy atom. The van der Waals surface area contributed by atoms with Crippen LogP contribution in [-0.2, 0) is 0 Å². The molecule has 0 N–H and O–H groups in total. The van der Waals surface area contributed by atoms with Gasteiger partial charge in [-0.15, -0.1) is 0 Å². The molecule has 1 aromatic rings. The van der Waals surface area contributed by atoms with E-state index < -0.39 is 10.9 Å². The molecule has 0 aliphatic heterocycles. The van der Waals surface area contributed by atoms with Crippen LogP contribution in [0.2, 0.25) is 0 Å². The fourth-order valence-electron chi connectivity index (χ4n) is 0.496. The number of carbonyl (C=O) groups excluding carboxylic acids is 1. The molecule has 0 spiro atoms. The van der Waals surface area contributed by atoms with E-state index in [1.54, 1.807) is 0 Å². The Balaban J connectivity index is 3.20. The summed E-state index contributed by atoms with van der Waals surface area (Å²) >= 11 is 5.00. The summed E-state index contributed by atoms with van der Waals surface area (Å²) in [7, 11) is 0. The molecule has 1 rings (SSSR count). The monoisotopic (exact) mass is 158 g/mol. The Kier molecular flexibility index (Phi) is 1.87. The lowest BCUT2D eigenvalue weighted by Crippen LogP contribution is -1.99. The smallest absolute Gasteiger partial charge is 0.336 e. The van der Waals surface area contributed by atoms with Crippen LogP contribution in [0.3, 0.4) is 0 Å². The summed E-state index contributed by atoms with van der Waals surface area (Å²) in [4.78, 5) is 20.7. The van der Waals surface area contributed by atoms with E-state index in [-0.39, 0.29) is 5.76 Å². The van der Waals surface area contributed by atoms with Crippen LogP contribution in [0.1, 0.15) is 10.6 Å². The first-order valence-electron chi connectivity index (χ1n) is 2.50. The molecule has 0 amide bonds. The number of halogens is 1. The van der Waals surface area contributed by atoms with Crippen molar-refractivity contribution in [3.8, 4) is 0 Å². The number of carbonyl (C=O) groups is 1. The lowest BCUT2D eigenvalue weighted by Gasteiger charge is -1.86. The van der Waals surface area contributed by atoms with Gasteiger partial charge in [0.1, 0.15) is 0 Å². The molecule has 52 valence electrons. The van der Waals surface area contributed by atoms with Crippen molar-refractivity contribution < 1.29 is 9.21 Å². The standard InChI is InChI=1S/C6H3ClO3/c7-6(9)4-2-1-3-5(8)10-4/h1-3H. The van der Waals surface area contributed by atoms with E-state index in [4.69, 9.17) is 11.6 Å². The topological polar surface area (TPSA) is 47.3 Å². The summed E-state index contributed by atoms with van der Waals surface area (Å²) in [5.41, 5.74) is -0.577. The third-order valence-electron chi connectivity index (χ3n) is 0.884. The molecule has 1 heterocycles. The third kappa shape index (κ3) is 1.45. The van der Waals surface area contributed by atoms with Gasteiger partial charge < -0.3 is 4.42 Å². The maximum absolute atomic E-state index is 10.4. The molecule has 0 saturated heterocycles. The summed E-state index contributed by atoms with van der Waals surface area (Å²) in [6.07, 6.45) is 0. The second-order valence-corrected chi connectivity index (χ2v) is 1.93. The number of hydrogen-bond donors (Lipinski definition) is 0. The zero-order valence-electron chi connectivity index (χ0n) is 4.83. The summed E-state index contributed by atoms with van der Waals surface area (Å²) in [5, 5.41) is -0.766. The molecule has 0 aliphatic rings. The molecule has 3 nitrogen and oxygen atoms in total. The van der Waals surface area contributed by atoms with Gasteiger partial charge in [-0.3, -0.25) is 4.79 Å². The maximum atomic E-state index is 10.4. The van der Waals surface area contributed by atoms with E-state index in [1.165, 1.54) is 18.2 Å². The van der Waals surface area contributed by atoms with Crippen molar-refractivity contribution in [2.75, 3.05) is 0 Å². The van der Waals surface area contributed by atoms with Crippen LogP contribution in [0.25, 0.3) is 0 Å². The Labute approximate surface area is 61.2 Å². The van der Waals surface area contributed by atoms with Crippen molar-refractivity contribution in [3.63, 3.8) is 0 Å². The first-order chi connectivity index (χ1) is 4.70. The van der Waals surface area contributed by atoms with Gasteiger partial charge in [-0.1, -0.05) is 6.07 Å². The molecule has 0 aromatic carbocycles. The molecule has 0 atom stereocenters. The Morgan fingerprint density at radius 3 is 2.60 bits per heavy atom. The molecule has 4 heteroatoms. The van der Waals surface area contributed by atoms with Crippen LogP contribution in [0.15, 0.2) is 27.4 Å². The highest BCUT2D eigenvalue weighted by atomic mass is 35.5. The molecule has 10 heavy (non-hydrogen) atoms. The van der Waals surface area contributed by atoms with Crippen molar-refractivity contribution in [3.05, 3.63) is 34.4 Å². The minimum absolute atomic E-state index is 0.130. The van der Waals surface area contributed by atoms with Gasteiger partial charge in [-0.2, -0.15) is 0 Å². The van der Waals surface area contributed by atoms with E-state index in [2.05, 4.69) is 4.42 Å². The fourth-order valence-corrected chi connectivity index (χ4v) is 0.598. The van der Waals surface area contributed by atoms with Crippen LogP contribution < -0.4 is 5.63 Å². The van der Waals surface area contributed by atoms with Crippen LogP contribution in [-0.4, -0.2) is 5.24 Å². The lowest BCUT2D eigenvalue weighted by atomic mass is 10.4. The van der Waals surface area contributed by atoms with Crippen LogP contribution >= 0.6 is 11.6 Å². The minimum Gasteiger partial charge on any atom is -0.418 e.